The van der Waals surface area contributed by atoms with Crippen molar-refractivity contribution in [3.05, 3.63) is 29.3 Å². The molecule has 0 unspecified atom stereocenters. The van der Waals surface area contributed by atoms with E-state index in [1.807, 2.05) is 0 Å². The lowest BCUT2D eigenvalue weighted by atomic mass is 10.0. The summed E-state index contributed by atoms with van der Waals surface area (Å²) in [5, 5.41) is 2.88. The Labute approximate surface area is 82.1 Å². The third kappa shape index (κ3) is 2.10. The molecule has 0 aliphatic rings. The number of amides is 1. The normalized spacial score (nSPS) is 9.50. The topological polar surface area (TPSA) is 72.2 Å². The number of carbonyl (C=O) groups excluding carboxylic acids is 2. The lowest BCUT2D eigenvalue weighted by Gasteiger charge is -2.07. The third-order valence-electron chi connectivity index (χ3n) is 1.95. The van der Waals surface area contributed by atoms with Crippen LogP contribution in [0.3, 0.4) is 0 Å². The molecular weight excluding hydrogens is 180 g/mol. The highest BCUT2D eigenvalue weighted by Gasteiger charge is 2.08. The lowest BCUT2D eigenvalue weighted by Crippen LogP contribution is -2.15. The van der Waals surface area contributed by atoms with E-state index < -0.39 is 5.91 Å². The number of benzene rings is 1. The lowest BCUT2D eigenvalue weighted by molar-refractivity contribution is -0.117. The van der Waals surface area contributed by atoms with Crippen molar-refractivity contribution in [2.45, 2.75) is 6.42 Å². The average Bonchev–Trinajstić information content (AvgIpc) is 2.16. The van der Waals surface area contributed by atoms with Gasteiger partial charge in [0, 0.05) is 18.3 Å². The Bertz CT molecular complexity index is 361. The van der Waals surface area contributed by atoms with Crippen molar-refractivity contribution in [3.63, 3.8) is 0 Å². The van der Waals surface area contributed by atoms with Crippen LogP contribution in [0.25, 0.3) is 0 Å². The summed E-state index contributed by atoms with van der Waals surface area (Å²) in [6.07, 6.45) is 0.813. The molecule has 0 aromatic heterocycles. The quantitative estimate of drug-likeness (QED) is 0.685. The first-order chi connectivity index (χ1) is 6.69. The van der Waals surface area contributed by atoms with Gasteiger partial charge in [-0.15, -0.1) is 0 Å². The molecule has 3 N–H and O–H groups in total. The van der Waals surface area contributed by atoms with Crippen molar-refractivity contribution < 1.29 is 9.59 Å². The fourth-order valence-corrected chi connectivity index (χ4v) is 1.31. The number of nitrogens with two attached hydrogens (primary N) is 1. The van der Waals surface area contributed by atoms with Gasteiger partial charge in [0.15, 0.2) is 6.29 Å². The van der Waals surface area contributed by atoms with Crippen LogP contribution in [0.15, 0.2) is 18.2 Å². The Hall–Kier alpha value is -1.84. The minimum Gasteiger partial charge on any atom is -0.388 e. The summed E-state index contributed by atoms with van der Waals surface area (Å²) in [5.41, 5.74) is 6.92. The van der Waals surface area contributed by atoms with Gasteiger partial charge in [-0.1, -0.05) is 12.1 Å². The zero-order valence-electron chi connectivity index (χ0n) is 7.91. The molecule has 0 spiro atoms. The van der Waals surface area contributed by atoms with Gasteiger partial charge < -0.3 is 11.1 Å². The zero-order valence-corrected chi connectivity index (χ0v) is 7.91. The van der Waals surface area contributed by atoms with Gasteiger partial charge in [0.1, 0.15) is 0 Å². The summed E-state index contributed by atoms with van der Waals surface area (Å²) in [4.78, 5) is 21.5. The van der Waals surface area contributed by atoms with E-state index in [-0.39, 0.29) is 6.42 Å². The van der Waals surface area contributed by atoms with Crippen LogP contribution in [0.4, 0.5) is 5.69 Å². The van der Waals surface area contributed by atoms with E-state index in [0.29, 0.717) is 16.8 Å². The predicted molar refractivity (Wildman–Crippen MR) is 54.3 cm³/mol. The molecule has 0 aliphatic heterocycles. The first kappa shape index (κ1) is 10.2. The van der Waals surface area contributed by atoms with Gasteiger partial charge in [-0.2, -0.15) is 0 Å². The van der Waals surface area contributed by atoms with Gasteiger partial charge in [0.25, 0.3) is 0 Å². The van der Waals surface area contributed by atoms with Crippen molar-refractivity contribution in [1.82, 2.24) is 0 Å². The summed E-state index contributed by atoms with van der Waals surface area (Å²) in [7, 11) is 1.72. The highest BCUT2D eigenvalue weighted by molar-refractivity contribution is 5.89. The minimum atomic E-state index is -0.443. The molecule has 0 bridgehead atoms. The van der Waals surface area contributed by atoms with Crippen LogP contribution in [0, 0.1) is 0 Å². The second-order valence-electron chi connectivity index (χ2n) is 2.89. The number of hydrogen-bond donors (Lipinski definition) is 2. The number of rotatable bonds is 4. The Morgan fingerprint density at radius 2 is 2.29 bits per heavy atom. The van der Waals surface area contributed by atoms with E-state index in [0.717, 1.165) is 6.29 Å². The zero-order chi connectivity index (χ0) is 10.6. The van der Waals surface area contributed by atoms with Crippen molar-refractivity contribution >= 4 is 17.9 Å². The maximum Gasteiger partial charge on any atom is 0.221 e. The van der Waals surface area contributed by atoms with E-state index in [9.17, 15) is 9.59 Å². The van der Waals surface area contributed by atoms with E-state index >= 15 is 0 Å². The molecule has 14 heavy (non-hydrogen) atoms. The van der Waals surface area contributed by atoms with E-state index in [1.54, 1.807) is 25.2 Å². The number of nitrogens with one attached hydrogen (secondary N) is 1. The first-order valence-electron chi connectivity index (χ1n) is 4.22. The largest absolute Gasteiger partial charge is 0.388 e. The van der Waals surface area contributed by atoms with Crippen LogP contribution in [0.1, 0.15) is 15.9 Å². The number of hydrogen-bond acceptors (Lipinski definition) is 3. The predicted octanol–water partition coefficient (Wildman–Crippen LogP) is 0.569. The van der Waals surface area contributed by atoms with Crippen molar-refractivity contribution in [1.29, 1.82) is 0 Å². The molecule has 0 atom stereocenters. The first-order valence-corrected chi connectivity index (χ1v) is 4.22. The molecule has 0 heterocycles. The second-order valence-corrected chi connectivity index (χ2v) is 2.89. The number of aldehydes is 1. The molecule has 0 aliphatic carbocycles. The van der Waals surface area contributed by atoms with Crippen molar-refractivity contribution in [3.8, 4) is 0 Å². The smallest absolute Gasteiger partial charge is 0.221 e. The molecule has 0 saturated carbocycles. The summed E-state index contributed by atoms with van der Waals surface area (Å²) in [6, 6.07) is 5.26. The van der Waals surface area contributed by atoms with Crippen LogP contribution in [-0.2, 0) is 11.2 Å². The van der Waals surface area contributed by atoms with Crippen LogP contribution in [-0.4, -0.2) is 19.2 Å². The average molecular weight is 192 g/mol. The summed E-state index contributed by atoms with van der Waals surface area (Å²) in [6.45, 7) is 0. The molecule has 0 fully saturated rings. The maximum atomic E-state index is 10.8. The molecule has 0 radical (unpaired) electrons. The minimum absolute atomic E-state index is 0.0869. The molecular formula is C10H12N2O2. The number of anilines is 1. The van der Waals surface area contributed by atoms with E-state index in [1.165, 1.54) is 0 Å². The maximum absolute atomic E-state index is 10.8. The third-order valence-corrected chi connectivity index (χ3v) is 1.95. The second kappa shape index (κ2) is 4.41. The molecule has 74 valence electrons. The highest BCUT2D eigenvalue weighted by Crippen LogP contribution is 2.17. The highest BCUT2D eigenvalue weighted by atomic mass is 16.1. The molecule has 1 aromatic rings. The fourth-order valence-electron chi connectivity index (χ4n) is 1.31. The van der Waals surface area contributed by atoms with Gasteiger partial charge in [-0.05, 0) is 11.6 Å². The fraction of sp³-hybridized carbons (Fsp3) is 0.200. The van der Waals surface area contributed by atoms with E-state index in [4.69, 9.17) is 5.73 Å². The van der Waals surface area contributed by atoms with Gasteiger partial charge in [0.05, 0.1) is 6.42 Å². The van der Waals surface area contributed by atoms with Gasteiger partial charge >= 0.3 is 0 Å². The van der Waals surface area contributed by atoms with Crippen molar-refractivity contribution in [2.24, 2.45) is 5.73 Å². The standard InChI is InChI=1S/C10H12N2O2/c1-12-9-4-2-3-7(5-10(11)14)8(9)6-13/h2-4,6,12H,5H2,1H3,(H2,11,14). The summed E-state index contributed by atoms with van der Waals surface area (Å²) < 4.78 is 0. The number of primary amides is 1. The van der Waals surface area contributed by atoms with Crippen LogP contribution in [0.5, 0.6) is 0 Å². The number of carbonyl (C=O) groups is 2. The Morgan fingerprint density at radius 3 is 2.79 bits per heavy atom. The summed E-state index contributed by atoms with van der Waals surface area (Å²) in [5.74, 6) is -0.443. The molecule has 1 aromatic carbocycles. The van der Waals surface area contributed by atoms with Crippen molar-refractivity contribution in [2.75, 3.05) is 12.4 Å². The van der Waals surface area contributed by atoms with E-state index in [2.05, 4.69) is 5.32 Å². The SMILES string of the molecule is CNc1cccc(CC(N)=O)c1C=O. The van der Waals surface area contributed by atoms with Crippen LogP contribution >= 0.6 is 0 Å². The Kier molecular flexibility index (Phi) is 3.23. The summed E-state index contributed by atoms with van der Waals surface area (Å²) >= 11 is 0. The molecule has 4 nitrogen and oxygen atoms in total. The van der Waals surface area contributed by atoms with Gasteiger partial charge in [-0.25, -0.2) is 0 Å². The Morgan fingerprint density at radius 1 is 1.57 bits per heavy atom. The molecule has 1 amide bonds. The monoisotopic (exact) mass is 192 g/mol. The van der Waals surface area contributed by atoms with Gasteiger partial charge in [0.2, 0.25) is 5.91 Å². The molecule has 4 heteroatoms. The molecule has 1 rings (SSSR count). The Balaban J connectivity index is 3.14. The molecule has 0 saturated heterocycles. The van der Waals surface area contributed by atoms with Crippen LogP contribution in [0.2, 0.25) is 0 Å². The van der Waals surface area contributed by atoms with Gasteiger partial charge in [-0.3, -0.25) is 9.59 Å². The van der Waals surface area contributed by atoms with Crippen LogP contribution < -0.4 is 11.1 Å².